The zero-order valence-electron chi connectivity index (χ0n) is 23.0. The van der Waals surface area contributed by atoms with Gasteiger partial charge in [0.2, 0.25) is 11.8 Å². The van der Waals surface area contributed by atoms with Crippen molar-refractivity contribution in [3.63, 3.8) is 0 Å². The molecule has 0 unspecified atom stereocenters. The van der Waals surface area contributed by atoms with Crippen molar-refractivity contribution in [3.8, 4) is 17.2 Å². The van der Waals surface area contributed by atoms with Gasteiger partial charge in [0.05, 0.1) is 32.5 Å². The lowest BCUT2D eigenvalue weighted by molar-refractivity contribution is -0.128. The van der Waals surface area contributed by atoms with Crippen LogP contribution in [0.3, 0.4) is 0 Å². The molecule has 0 aliphatic rings. The Hall–Kier alpha value is -4.60. The summed E-state index contributed by atoms with van der Waals surface area (Å²) in [7, 11) is 4.57. The minimum Gasteiger partial charge on any atom is -0.497 e. The zero-order chi connectivity index (χ0) is 28.2. The van der Waals surface area contributed by atoms with Crippen LogP contribution in [0.4, 0.5) is 5.69 Å². The van der Waals surface area contributed by atoms with Gasteiger partial charge in [-0.05, 0) is 63.2 Å². The number of ether oxygens (including phenoxy) is 3. The molecule has 3 aromatic carbocycles. The predicted molar refractivity (Wildman–Crippen MR) is 148 cm³/mol. The second-order valence-corrected chi connectivity index (χ2v) is 9.92. The number of nitrogens with zero attached hydrogens (tertiary/aromatic N) is 4. The average Bonchev–Trinajstić information content (AvgIpc) is 3.32. The van der Waals surface area contributed by atoms with E-state index in [4.69, 9.17) is 14.2 Å². The largest absolute Gasteiger partial charge is 0.497 e. The summed E-state index contributed by atoms with van der Waals surface area (Å²) >= 11 is 0. The molecular formula is C29H33N5O5. The van der Waals surface area contributed by atoms with Gasteiger partial charge < -0.3 is 19.5 Å². The third-order valence-electron chi connectivity index (χ3n) is 6.05. The van der Waals surface area contributed by atoms with Gasteiger partial charge >= 0.3 is 0 Å². The van der Waals surface area contributed by atoms with Crippen molar-refractivity contribution in [2.24, 2.45) is 0 Å². The van der Waals surface area contributed by atoms with E-state index >= 15 is 0 Å². The van der Waals surface area contributed by atoms with Gasteiger partial charge in [-0.1, -0.05) is 29.5 Å². The van der Waals surface area contributed by atoms with Crippen molar-refractivity contribution in [2.45, 2.75) is 38.9 Å². The van der Waals surface area contributed by atoms with Crippen LogP contribution in [-0.2, 0) is 16.1 Å². The van der Waals surface area contributed by atoms with E-state index in [0.29, 0.717) is 39.5 Å². The number of rotatable bonds is 9. The molecule has 39 heavy (non-hydrogen) atoms. The zero-order valence-corrected chi connectivity index (χ0v) is 23.0. The lowest BCUT2D eigenvalue weighted by atomic mass is 9.99. The molecule has 0 aliphatic carbocycles. The number of carbonyl (C=O) groups excluding carboxylic acids is 2. The van der Waals surface area contributed by atoms with Crippen LogP contribution in [-0.4, -0.2) is 53.7 Å². The number of aromatic nitrogens is 3. The van der Waals surface area contributed by atoms with Crippen LogP contribution >= 0.6 is 0 Å². The molecule has 0 bridgehead atoms. The summed E-state index contributed by atoms with van der Waals surface area (Å²) in [5.41, 5.74) is 1.62. The summed E-state index contributed by atoms with van der Waals surface area (Å²) in [6, 6.07) is 18.4. The Bertz CT molecular complexity index is 1480. The summed E-state index contributed by atoms with van der Waals surface area (Å²) in [6.07, 6.45) is 0. The first-order chi connectivity index (χ1) is 18.7. The highest BCUT2D eigenvalue weighted by atomic mass is 16.5. The topological polar surface area (TPSA) is 108 Å². The van der Waals surface area contributed by atoms with Crippen LogP contribution in [0.25, 0.3) is 11.0 Å². The Morgan fingerprint density at radius 1 is 0.923 bits per heavy atom. The quantitative estimate of drug-likeness (QED) is 0.346. The summed E-state index contributed by atoms with van der Waals surface area (Å²) in [6.45, 7) is 5.45. The number of amides is 2. The fourth-order valence-corrected chi connectivity index (χ4v) is 4.37. The standard InChI is InChI=1S/C29H33N5O5/c1-29(2,3)30-28(36)27(20-17-19(37-4)15-16-24(20)38-5)34(23-13-9-10-14-25(23)39-6)26(35)18-33-22-12-8-7-11-21(22)31-32-33/h7-17,27H,18H2,1-6H3,(H,30,36)/t27-/m1/s1. The van der Waals surface area contributed by atoms with Gasteiger partial charge in [-0.15, -0.1) is 5.10 Å². The molecular weight excluding hydrogens is 498 g/mol. The lowest BCUT2D eigenvalue weighted by Crippen LogP contribution is -2.50. The number of hydrogen-bond donors (Lipinski definition) is 1. The van der Waals surface area contributed by atoms with Gasteiger partial charge in [0.25, 0.3) is 0 Å². The van der Waals surface area contributed by atoms with E-state index in [-0.39, 0.29) is 6.54 Å². The fourth-order valence-electron chi connectivity index (χ4n) is 4.37. The molecule has 2 amide bonds. The maximum atomic E-state index is 14.3. The number of anilines is 1. The minimum absolute atomic E-state index is 0.176. The summed E-state index contributed by atoms with van der Waals surface area (Å²) in [5, 5.41) is 11.4. The summed E-state index contributed by atoms with van der Waals surface area (Å²) < 4.78 is 18.3. The summed E-state index contributed by atoms with van der Waals surface area (Å²) in [5.74, 6) is 0.536. The van der Waals surface area contributed by atoms with Crippen LogP contribution in [0.5, 0.6) is 17.2 Å². The van der Waals surface area contributed by atoms with E-state index < -0.39 is 23.4 Å². The van der Waals surface area contributed by atoms with Crippen LogP contribution in [0.15, 0.2) is 66.7 Å². The molecule has 204 valence electrons. The van der Waals surface area contributed by atoms with E-state index in [1.807, 2.05) is 45.0 Å². The highest BCUT2D eigenvalue weighted by molar-refractivity contribution is 6.03. The predicted octanol–water partition coefficient (Wildman–Crippen LogP) is 4.15. The number of para-hydroxylation sites is 3. The van der Waals surface area contributed by atoms with E-state index in [0.717, 1.165) is 0 Å². The van der Waals surface area contributed by atoms with Crippen LogP contribution in [0.1, 0.15) is 32.4 Å². The monoisotopic (exact) mass is 531 g/mol. The van der Waals surface area contributed by atoms with Gasteiger partial charge in [0, 0.05) is 11.1 Å². The van der Waals surface area contributed by atoms with Crippen molar-refractivity contribution in [3.05, 3.63) is 72.3 Å². The van der Waals surface area contributed by atoms with E-state index in [9.17, 15) is 9.59 Å². The van der Waals surface area contributed by atoms with Crippen LogP contribution < -0.4 is 24.4 Å². The fraction of sp³-hybridized carbons (Fsp3) is 0.310. The van der Waals surface area contributed by atoms with Gasteiger partial charge in [-0.25, -0.2) is 4.68 Å². The number of benzene rings is 3. The molecule has 10 heteroatoms. The summed E-state index contributed by atoms with van der Waals surface area (Å²) in [4.78, 5) is 29.8. The van der Waals surface area contributed by atoms with Crippen LogP contribution in [0, 0.1) is 0 Å². The smallest absolute Gasteiger partial charge is 0.249 e. The highest BCUT2D eigenvalue weighted by Gasteiger charge is 2.38. The van der Waals surface area contributed by atoms with Crippen molar-refractivity contribution in [2.75, 3.05) is 26.2 Å². The van der Waals surface area contributed by atoms with Gasteiger partial charge in [0.1, 0.15) is 35.4 Å². The van der Waals surface area contributed by atoms with Crippen LogP contribution in [0.2, 0.25) is 0 Å². The van der Waals surface area contributed by atoms with Crippen molar-refractivity contribution in [1.29, 1.82) is 0 Å². The van der Waals surface area contributed by atoms with Gasteiger partial charge in [0.15, 0.2) is 0 Å². The molecule has 1 aromatic heterocycles. The number of nitrogens with one attached hydrogen (secondary N) is 1. The molecule has 0 saturated carbocycles. The molecule has 1 heterocycles. The Kier molecular flexibility index (Phi) is 8.04. The maximum Gasteiger partial charge on any atom is 0.249 e. The molecule has 4 rings (SSSR count). The number of hydrogen-bond acceptors (Lipinski definition) is 7. The number of methoxy groups -OCH3 is 3. The number of carbonyl (C=O) groups is 2. The Balaban J connectivity index is 1.93. The number of fused-ring (bicyclic) bond motifs is 1. The van der Waals surface area contributed by atoms with E-state index in [1.165, 1.54) is 30.9 Å². The van der Waals surface area contributed by atoms with Crippen molar-refractivity contribution < 1.29 is 23.8 Å². The molecule has 1 atom stereocenters. The Morgan fingerprint density at radius 3 is 2.31 bits per heavy atom. The van der Waals surface area contributed by atoms with E-state index in [1.54, 1.807) is 42.5 Å². The third kappa shape index (κ3) is 5.95. The second-order valence-electron chi connectivity index (χ2n) is 9.92. The molecule has 0 saturated heterocycles. The SMILES string of the molecule is COc1ccc(OC)c([C@H](C(=O)NC(C)(C)C)N(C(=O)Cn2nnc3ccccc32)c2ccccc2OC)c1. The van der Waals surface area contributed by atoms with Crippen molar-refractivity contribution >= 4 is 28.5 Å². The molecule has 1 N–H and O–H groups in total. The highest BCUT2D eigenvalue weighted by Crippen LogP contribution is 2.39. The molecule has 10 nitrogen and oxygen atoms in total. The molecule has 0 spiro atoms. The van der Waals surface area contributed by atoms with E-state index in [2.05, 4.69) is 15.6 Å². The van der Waals surface area contributed by atoms with Gasteiger partial charge in [-0.2, -0.15) is 0 Å². The minimum atomic E-state index is -1.15. The lowest BCUT2D eigenvalue weighted by Gasteiger charge is -2.35. The molecule has 4 aromatic rings. The first-order valence-electron chi connectivity index (χ1n) is 12.4. The average molecular weight is 532 g/mol. The molecule has 0 aliphatic heterocycles. The maximum absolute atomic E-state index is 14.3. The third-order valence-corrected chi connectivity index (χ3v) is 6.05. The normalized spacial score (nSPS) is 12.1. The molecule has 0 fully saturated rings. The molecule has 0 radical (unpaired) electrons. The Morgan fingerprint density at radius 2 is 1.62 bits per heavy atom. The first-order valence-corrected chi connectivity index (χ1v) is 12.4. The second kappa shape index (κ2) is 11.4. The Labute approximate surface area is 227 Å². The first kappa shape index (κ1) is 27.4. The van der Waals surface area contributed by atoms with Crippen molar-refractivity contribution in [1.82, 2.24) is 20.3 Å². The van der Waals surface area contributed by atoms with Gasteiger partial charge in [-0.3, -0.25) is 14.5 Å².